The van der Waals surface area contributed by atoms with Crippen LogP contribution in [-0.4, -0.2) is 56.0 Å². The molecule has 2 heterocycles. The van der Waals surface area contributed by atoms with Crippen molar-refractivity contribution >= 4 is 29.9 Å². The summed E-state index contributed by atoms with van der Waals surface area (Å²) in [5, 5.41) is 3.28. The van der Waals surface area contributed by atoms with Gasteiger partial charge in [0.1, 0.15) is 5.75 Å². The molecule has 2 fully saturated rings. The summed E-state index contributed by atoms with van der Waals surface area (Å²) < 4.78 is 5.34. The zero-order valence-corrected chi connectivity index (χ0v) is 14.8. The van der Waals surface area contributed by atoms with Gasteiger partial charge in [0.05, 0.1) is 18.7 Å². The quantitative estimate of drug-likeness (QED) is 0.889. The Morgan fingerprint density at radius 2 is 2.08 bits per heavy atom. The number of para-hydroxylation sites is 2. The summed E-state index contributed by atoms with van der Waals surface area (Å²) in [5.41, 5.74) is 0.739. The van der Waals surface area contributed by atoms with Crippen molar-refractivity contribution in [2.75, 3.05) is 38.2 Å². The van der Waals surface area contributed by atoms with Crippen LogP contribution in [0.3, 0.4) is 0 Å². The second-order valence-electron chi connectivity index (χ2n) is 6.16. The van der Waals surface area contributed by atoms with Crippen LogP contribution in [-0.2, 0) is 9.59 Å². The third kappa shape index (κ3) is 3.49. The number of carbonyl (C=O) groups is 2. The lowest BCUT2D eigenvalue weighted by Gasteiger charge is -2.35. The number of piperazine rings is 1. The van der Waals surface area contributed by atoms with Crippen LogP contribution in [0.2, 0.25) is 0 Å². The van der Waals surface area contributed by atoms with E-state index in [-0.39, 0.29) is 42.6 Å². The Hall–Kier alpha value is -1.79. The standard InChI is InChI=1S/C17H23N3O3.ClH/c1-12-10-18-7-8-19(12)17(22)13-9-16(21)20(11-13)14-5-3-4-6-15(14)23-2;/h3-6,12-13,18H,7-11H2,1-2H3;1H/t12-,13?;/m1./s1. The molecule has 1 aromatic rings. The third-order valence-electron chi connectivity index (χ3n) is 4.63. The van der Waals surface area contributed by atoms with Gasteiger partial charge in [-0.15, -0.1) is 12.4 Å². The molecular weight excluding hydrogens is 330 g/mol. The van der Waals surface area contributed by atoms with Crippen molar-refractivity contribution < 1.29 is 14.3 Å². The number of nitrogens with zero attached hydrogens (tertiary/aromatic N) is 2. The first-order valence-electron chi connectivity index (χ1n) is 8.06. The van der Waals surface area contributed by atoms with Gasteiger partial charge in [0.25, 0.3) is 0 Å². The highest BCUT2D eigenvalue weighted by atomic mass is 35.5. The summed E-state index contributed by atoms with van der Waals surface area (Å²) in [5.74, 6) is 0.456. The molecule has 6 nitrogen and oxygen atoms in total. The summed E-state index contributed by atoms with van der Waals surface area (Å²) in [4.78, 5) is 28.8. The molecule has 0 spiro atoms. The van der Waals surface area contributed by atoms with Crippen LogP contribution >= 0.6 is 12.4 Å². The van der Waals surface area contributed by atoms with E-state index in [0.717, 1.165) is 18.8 Å². The summed E-state index contributed by atoms with van der Waals surface area (Å²) in [6.07, 6.45) is 0.271. The number of methoxy groups -OCH3 is 1. The number of halogens is 1. The Balaban J connectivity index is 0.00000208. The highest BCUT2D eigenvalue weighted by Crippen LogP contribution is 2.33. The maximum absolute atomic E-state index is 12.8. The Morgan fingerprint density at radius 3 is 2.79 bits per heavy atom. The van der Waals surface area contributed by atoms with E-state index in [2.05, 4.69) is 5.32 Å². The van der Waals surface area contributed by atoms with Gasteiger partial charge in [-0.2, -0.15) is 0 Å². The maximum Gasteiger partial charge on any atom is 0.228 e. The predicted octanol–water partition coefficient (Wildman–Crippen LogP) is 1.29. The van der Waals surface area contributed by atoms with Gasteiger partial charge >= 0.3 is 0 Å². The fraction of sp³-hybridized carbons (Fsp3) is 0.529. The Kier molecular flexibility index (Phi) is 6.07. The molecule has 0 aromatic heterocycles. The fourth-order valence-corrected chi connectivity index (χ4v) is 3.36. The number of carbonyl (C=O) groups excluding carboxylic acids is 2. The molecule has 2 atom stereocenters. The Bertz CT molecular complexity index is 610. The van der Waals surface area contributed by atoms with Gasteiger partial charge in [0, 0.05) is 38.6 Å². The van der Waals surface area contributed by atoms with Crippen LogP contribution in [0.5, 0.6) is 5.75 Å². The molecule has 3 rings (SSSR count). The zero-order valence-electron chi connectivity index (χ0n) is 14.0. The minimum atomic E-state index is -0.270. The second kappa shape index (κ2) is 7.85. The van der Waals surface area contributed by atoms with Gasteiger partial charge in [-0.1, -0.05) is 12.1 Å². The van der Waals surface area contributed by atoms with Crippen molar-refractivity contribution in [1.29, 1.82) is 0 Å². The van der Waals surface area contributed by atoms with E-state index < -0.39 is 0 Å². The molecule has 0 radical (unpaired) electrons. The van der Waals surface area contributed by atoms with Crippen molar-refractivity contribution in [3.63, 3.8) is 0 Å². The normalized spacial score (nSPS) is 23.8. The number of ether oxygens (including phenoxy) is 1. The number of anilines is 1. The van der Waals surface area contributed by atoms with E-state index in [1.165, 1.54) is 0 Å². The van der Waals surface area contributed by atoms with Crippen molar-refractivity contribution in [1.82, 2.24) is 10.2 Å². The molecule has 2 aliphatic heterocycles. The molecule has 132 valence electrons. The lowest BCUT2D eigenvalue weighted by atomic mass is 10.1. The number of hydrogen-bond acceptors (Lipinski definition) is 4. The zero-order chi connectivity index (χ0) is 16.4. The van der Waals surface area contributed by atoms with Crippen LogP contribution in [0, 0.1) is 5.92 Å². The van der Waals surface area contributed by atoms with Crippen molar-refractivity contribution in [2.45, 2.75) is 19.4 Å². The minimum absolute atomic E-state index is 0. The highest BCUT2D eigenvalue weighted by molar-refractivity contribution is 6.01. The van der Waals surface area contributed by atoms with E-state index >= 15 is 0 Å². The average Bonchev–Trinajstić information content (AvgIpc) is 2.96. The summed E-state index contributed by atoms with van der Waals surface area (Å²) >= 11 is 0. The molecule has 1 unspecified atom stereocenters. The molecule has 1 aromatic carbocycles. The number of rotatable bonds is 3. The molecule has 7 heteroatoms. The van der Waals surface area contributed by atoms with Crippen LogP contribution in [0.4, 0.5) is 5.69 Å². The third-order valence-corrected chi connectivity index (χ3v) is 4.63. The molecule has 0 aliphatic carbocycles. The van der Waals surface area contributed by atoms with Crippen LogP contribution < -0.4 is 15.0 Å². The minimum Gasteiger partial charge on any atom is -0.495 e. The van der Waals surface area contributed by atoms with Gasteiger partial charge in [0.2, 0.25) is 11.8 Å². The first kappa shape index (κ1) is 18.5. The van der Waals surface area contributed by atoms with E-state index in [1.54, 1.807) is 12.0 Å². The van der Waals surface area contributed by atoms with Gasteiger partial charge in [-0.3, -0.25) is 9.59 Å². The number of nitrogens with one attached hydrogen (secondary N) is 1. The average molecular weight is 354 g/mol. The lowest BCUT2D eigenvalue weighted by molar-refractivity contribution is -0.138. The molecule has 2 amide bonds. The monoisotopic (exact) mass is 353 g/mol. The van der Waals surface area contributed by atoms with E-state index in [1.807, 2.05) is 36.1 Å². The Morgan fingerprint density at radius 1 is 1.33 bits per heavy atom. The van der Waals surface area contributed by atoms with Gasteiger partial charge < -0.3 is 19.9 Å². The summed E-state index contributed by atoms with van der Waals surface area (Å²) in [6.45, 7) is 4.79. The molecule has 24 heavy (non-hydrogen) atoms. The van der Waals surface area contributed by atoms with E-state index in [9.17, 15) is 9.59 Å². The number of benzene rings is 1. The smallest absolute Gasteiger partial charge is 0.228 e. The molecule has 0 saturated carbocycles. The van der Waals surface area contributed by atoms with Crippen LogP contribution in [0.25, 0.3) is 0 Å². The van der Waals surface area contributed by atoms with E-state index in [4.69, 9.17) is 4.74 Å². The molecule has 2 saturated heterocycles. The van der Waals surface area contributed by atoms with Gasteiger partial charge in [0.15, 0.2) is 0 Å². The first-order chi connectivity index (χ1) is 11.1. The fourth-order valence-electron chi connectivity index (χ4n) is 3.36. The predicted molar refractivity (Wildman–Crippen MR) is 94.7 cm³/mol. The SMILES string of the molecule is COc1ccccc1N1CC(C(=O)N2CCNC[C@H]2C)CC1=O.Cl. The molecular formula is C17H24ClN3O3. The molecule has 0 bridgehead atoms. The summed E-state index contributed by atoms with van der Waals surface area (Å²) in [6, 6.07) is 7.60. The topological polar surface area (TPSA) is 61.9 Å². The lowest BCUT2D eigenvalue weighted by Crippen LogP contribution is -2.54. The van der Waals surface area contributed by atoms with Crippen LogP contribution in [0.1, 0.15) is 13.3 Å². The van der Waals surface area contributed by atoms with E-state index in [0.29, 0.717) is 18.8 Å². The van der Waals surface area contributed by atoms with Crippen molar-refractivity contribution in [3.8, 4) is 5.75 Å². The Labute approximate surface area is 148 Å². The molecule has 2 aliphatic rings. The number of hydrogen-bond donors (Lipinski definition) is 1. The highest BCUT2D eigenvalue weighted by Gasteiger charge is 2.39. The number of amides is 2. The van der Waals surface area contributed by atoms with Crippen molar-refractivity contribution in [3.05, 3.63) is 24.3 Å². The van der Waals surface area contributed by atoms with Gasteiger partial charge in [-0.05, 0) is 19.1 Å². The maximum atomic E-state index is 12.8. The van der Waals surface area contributed by atoms with Gasteiger partial charge in [-0.25, -0.2) is 0 Å². The van der Waals surface area contributed by atoms with Crippen molar-refractivity contribution in [2.24, 2.45) is 5.92 Å². The summed E-state index contributed by atoms with van der Waals surface area (Å²) in [7, 11) is 1.59. The second-order valence-corrected chi connectivity index (χ2v) is 6.16. The first-order valence-corrected chi connectivity index (χ1v) is 8.06. The van der Waals surface area contributed by atoms with Crippen LogP contribution in [0.15, 0.2) is 24.3 Å². The molecule has 1 N–H and O–H groups in total. The largest absolute Gasteiger partial charge is 0.495 e.